The van der Waals surface area contributed by atoms with Crippen LogP contribution in [0.15, 0.2) is 72.8 Å². The van der Waals surface area contributed by atoms with Gasteiger partial charge in [0.2, 0.25) is 0 Å². The molecule has 0 saturated heterocycles. The Bertz CT molecular complexity index is 795. The first-order chi connectivity index (χ1) is 11.7. The predicted octanol–water partition coefficient (Wildman–Crippen LogP) is 4.45. The third-order valence-corrected chi connectivity index (χ3v) is 4.07. The number of aliphatic hydroxyl groups excluding tert-OH is 1. The van der Waals surface area contributed by atoms with E-state index in [1.165, 1.54) is 0 Å². The van der Waals surface area contributed by atoms with Gasteiger partial charge in [-0.1, -0.05) is 54.6 Å². The molecule has 122 valence electrons. The van der Waals surface area contributed by atoms with E-state index in [2.05, 4.69) is 12.1 Å². The van der Waals surface area contributed by atoms with E-state index in [0.717, 1.165) is 16.7 Å². The molecule has 0 fully saturated rings. The minimum Gasteiger partial charge on any atom is -0.497 e. The van der Waals surface area contributed by atoms with Crippen LogP contribution in [0.25, 0.3) is 11.1 Å². The number of hydrogen-bond acceptors (Lipinski definition) is 3. The van der Waals surface area contributed by atoms with E-state index in [9.17, 15) is 5.11 Å². The van der Waals surface area contributed by atoms with E-state index in [-0.39, 0.29) is 0 Å². The van der Waals surface area contributed by atoms with E-state index >= 15 is 0 Å². The second kappa shape index (κ2) is 7.20. The summed E-state index contributed by atoms with van der Waals surface area (Å²) in [5.41, 5.74) is 3.80. The second-order valence-electron chi connectivity index (χ2n) is 5.50. The zero-order valence-electron chi connectivity index (χ0n) is 13.8. The minimum atomic E-state index is -0.754. The highest BCUT2D eigenvalue weighted by Crippen LogP contribution is 2.33. The lowest BCUT2D eigenvalue weighted by atomic mass is 9.97. The summed E-state index contributed by atoms with van der Waals surface area (Å²) >= 11 is 0. The van der Waals surface area contributed by atoms with E-state index in [1.54, 1.807) is 20.3 Å². The number of benzene rings is 3. The molecule has 3 heteroatoms. The smallest absolute Gasteiger partial charge is 0.128 e. The van der Waals surface area contributed by atoms with Crippen molar-refractivity contribution in [1.82, 2.24) is 0 Å². The summed E-state index contributed by atoms with van der Waals surface area (Å²) in [5, 5.41) is 10.7. The summed E-state index contributed by atoms with van der Waals surface area (Å²) in [7, 11) is 3.19. The topological polar surface area (TPSA) is 38.7 Å². The summed E-state index contributed by atoms with van der Waals surface area (Å²) in [6.45, 7) is 0. The summed E-state index contributed by atoms with van der Waals surface area (Å²) in [4.78, 5) is 0. The Kier molecular flexibility index (Phi) is 4.82. The first-order valence-electron chi connectivity index (χ1n) is 7.78. The fourth-order valence-electron chi connectivity index (χ4n) is 2.71. The van der Waals surface area contributed by atoms with Gasteiger partial charge in [-0.3, -0.25) is 0 Å². The predicted molar refractivity (Wildman–Crippen MR) is 95.5 cm³/mol. The molecule has 1 atom stereocenters. The lowest BCUT2D eigenvalue weighted by molar-refractivity contribution is 0.214. The number of methoxy groups -OCH3 is 2. The van der Waals surface area contributed by atoms with Crippen molar-refractivity contribution in [2.24, 2.45) is 0 Å². The van der Waals surface area contributed by atoms with Gasteiger partial charge in [0.25, 0.3) is 0 Å². The molecule has 0 radical (unpaired) electrons. The van der Waals surface area contributed by atoms with E-state index in [0.29, 0.717) is 17.1 Å². The standard InChI is InChI=1S/C21H20O3/c1-23-18-12-13-19(20(14-18)24-2)21(22)17-10-8-16(9-11-17)15-6-4-3-5-7-15/h3-14,21-22H,1-2H3/t21-/m1/s1. The molecule has 0 saturated carbocycles. The van der Waals surface area contributed by atoms with Crippen LogP contribution in [0.5, 0.6) is 11.5 Å². The monoisotopic (exact) mass is 320 g/mol. The van der Waals surface area contributed by atoms with Crippen molar-refractivity contribution in [2.75, 3.05) is 14.2 Å². The Balaban J connectivity index is 1.89. The zero-order valence-corrected chi connectivity index (χ0v) is 13.8. The fraction of sp³-hybridized carbons (Fsp3) is 0.143. The number of hydrogen-bond donors (Lipinski definition) is 1. The molecule has 3 aromatic rings. The summed E-state index contributed by atoms with van der Waals surface area (Å²) < 4.78 is 10.6. The summed E-state index contributed by atoms with van der Waals surface area (Å²) in [5.74, 6) is 1.30. The molecule has 0 aliphatic rings. The van der Waals surface area contributed by atoms with Crippen molar-refractivity contribution >= 4 is 0 Å². The largest absolute Gasteiger partial charge is 0.497 e. The molecule has 24 heavy (non-hydrogen) atoms. The first-order valence-corrected chi connectivity index (χ1v) is 7.78. The molecule has 0 spiro atoms. The van der Waals surface area contributed by atoms with Crippen LogP contribution in [0.2, 0.25) is 0 Å². The lowest BCUT2D eigenvalue weighted by Crippen LogP contribution is -2.02. The normalized spacial score (nSPS) is 11.8. The molecule has 1 N–H and O–H groups in total. The van der Waals surface area contributed by atoms with Crippen LogP contribution >= 0.6 is 0 Å². The lowest BCUT2D eigenvalue weighted by Gasteiger charge is -2.16. The average Bonchev–Trinajstić information content (AvgIpc) is 2.67. The Morgan fingerprint density at radius 1 is 0.750 bits per heavy atom. The third kappa shape index (κ3) is 3.26. The van der Waals surface area contributed by atoms with Crippen molar-refractivity contribution in [2.45, 2.75) is 6.10 Å². The molecule has 3 rings (SSSR count). The van der Waals surface area contributed by atoms with Crippen LogP contribution in [-0.4, -0.2) is 19.3 Å². The maximum Gasteiger partial charge on any atom is 0.128 e. The Labute approximate surface area is 142 Å². The molecule has 0 amide bonds. The summed E-state index contributed by atoms with van der Waals surface area (Å²) in [6, 6.07) is 23.5. The second-order valence-corrected chi connectivity index (χ2v) is 5.50. The summed E-state index contributed by atoms with van der Waals surface area (Å²) in [6.07, 6.45) is -0.754. The molecule has 0 aliphatic heterocycles. The fourth-order valence-corrected chi connectivity index (χ4v) is 2.71. The Hall–Kier alpha value is -2.78. The Morgan fingerprint density at radius 2 is 1.42 bits per heavy atom. The van der Waals surface area contributed by atoms with Crippen molar-refractivity contribution in [3.8, 4) is 22.6 Å². The molecule has 3 aromatic carbocycles. The highest BCUT2D eigenvalue weighted by atomic mass is 16.5. The van der Waals surface area contributed by atoms with Crippen LogP contribution < -0.4 is 9.47 Å². The van der Waals surface area contributed by atoms with Gasteiger partial charge in [-0.25, -0.2) is 0 Å². The molecule has 3 nitrogen and oxygen atoms in total. The van der Waals surface area contributed by atoms with Crippen LogP contribution in [0.1, 0.15) is 17.2 Å². The van der Waals surface area contributed by atoms with Crippen molar-refractivity contribution in [3.05, 3.63) is 83.9 Å². The Morgan fingerprint density at radius 3 is 2.04 bits per heavy atom. The molecule has 0 bridgehead atoms. The van der Waals surface area contributed by atoms with Gasteiger partial charge in [-0.15, -0.1) is 0 Å². The van der Waals surface area contributed by atoms with E-state index in [1.807, 2.05) is 54.6 Å². The first kappa shape index (κ1) is 16.1. The SMILES string of the molecule is COc1ccc([C@H](O)c2ccc(-c3ccccc3)cc2)c(OC)c1. The van der Waals surface area contributed by atoms with Crippen molar-refractivity contribution < 1.29 is 14.6 Å². The van der Waals surface area contributed by atoms with E-state index in [4.69, 9.17) is 9.47 Å². The van der Waals surface area contributed by atoms with Gasteiger partial charge in [-0.2, -0.15) is 0 Å². The average molecular weight is 320 g/mol. The maximum absolute atomic E-state index is 10.7. The van der Waals surface area contributed by atoms with E-state index < -0.39 is 6.10 Å². The molecular weight excluding hydrogens is 300 g/mol. The van der Waals surface area contributed by atoms with Crippen LogP contribution in [0.4, 0.5) is 0 Å². The number of aliphatic hydroxyl groups is 1. The highest BCUT2D eigenvalue weighted by molar-refractivity contribution is 5.63. The van der Waals surface area contributed by atoms with Crippen LogP contribution in [-0.2, 0) is 0 Å². The highest BCUT2D eigenvalue weighted by Gasteiger charge is 2.16. The molecule has 0 heterocycles. The maximum atomic E-state index is 10.7. The van der Waals surface area contributed by atoms with Gasteiger partial charge < -0.3 is 14.6 Å². The van der Waals surface area contributed by atoms with Gasteiger partial charge in [0.1, 0.15) is 17.6 Å². The molecule has 0 unspecified atom stereocenters. The zero-order chi connectivity index (χ0) is 16.9. The van der Waals surface area contributed by atoms with Crippen LogP contribution in [0.3, 0.4) is 0 Å². The van der Waals surface area contributed by atoms with Gasteiger partial charge in [0.05, 0.1) is 14.2 Å². The molecule has 0 aliphatic carbocycles. The van der Waals surface area contributed by atoms with Crippen molar-refractivity contribution in [3.63, 3.8) is 0 Å². The molecule has 0 aromatic heterocycles. The van der Waals surface area contributed by atoms with Gasteiger partial charge in [0, 0.05) is 11.6 Å². The van der Waals surface area contributed by atoms with Crippen LogP contribution in [0, 0.1) is 0 Å². The van der Waals surface area contributed by atoms with Gasteiger partial charge >= 0.3 is 0 Å². The number of rotatable bonds is 5. The van der Waals surface area contributed by atoms with Gasteiger partial charge in [-0.05, 0) is 28.8 Å². The van der Waals surface area contributed by atoms with Gasteiger partial charge in [0.15, 0.2) is 0 Å². The molecular formula is C21H20O3. The van der Waals surface area contributed by atoms with Crippen molar-refractivity contribution in [1.29, 1.82) is 0 Å². The minimum absolute atomic E-state index is 0.606. The number of ether oxygens (including phenoxy) is 2. The third-order valence-electron chi connectivity index (χ3n) is 4.07. The quantitative estimate of drug-likeness (QED) is 0.754.